The number of nitrogens with one attached hydrogen (secondary N) is 1. The minimum atomic E-state index is -3.80. The zero-order valence-electron chi connectivity index (χ0n) is 17.3. The molecule has 0 aliphatic carbocycles. The molecule has 0 atom stereocenters. The average Bonchev–Trinajstić information content (AvgIpc) is 2.73. The molecule has 0 saturated heterocycles. The first-order valence-electron chi connectivity index (χ1n) is 9.42. The molecule has 11 nitrogen and oxygen atoms in total. The molecule has 4 aromatic rings. The first kappa shape index (κ1) is 22.7. The van der Waals surface area contributed by atoms with E-state index in [2.05, 4.69) is 15.1 Å². The molecule has 3 aromatic heterocycles. The summed E-state index contributed by atoms with van der Waals surface area (Å²) in [6, 6.07) is 4.43. The molecule has 172 valence electrons. The summed E-state index contributed by atoms with van der Waals surface area (Å²) in [5.41, 5.74) is -0.815. The van der Waals surface area contributed by atoms with Crippen LogP contribution < -0.4 is 11.0 Å². The van der Waals surface area contributed by atoms with Gasteiger partial charge in [0.05, 0.1) is 30.6 Å². The van der Waals surface area contributed by atoms with Crippen molar-refractivity contribution < 1.29 is 22.8 Å². The van der Waals surface area contributed by atoms with Crippen LogP contribution in [0.2, 0.25) is 5.02 Å². The summed E-state index contributed by atoms with van der Waals surface area (Å²) in [6.45, 7) is 0.670. The minimum Gasteiger partial charge on any atom is -0.506 e. The zero-order valence-corrected chi connectivity index (χ0v) is 18.9. The molecule has 0 unspecified atom stereocenters. The van der Waals surface area contributed by atoms with Crippen LogP contribution in [0.5, 0.6) is 11.6 Å². The normalized spacial score (nSPS) is 12.0. The zero-order chi connectivity index (χ0) is 24.1. The number of hydrogen-bond acceptors (Lipinski definition) is 9. The first-order chi connectivity index (χ1) is 15.5. The number of rotatable bonds is 5. The third-order valence-electron chi connectivity index (χ3n) is 5.02. The highest BCUT2D eigenvalue weighted by Crippen LogP contribution is 2.26. The van der Waals surface area contributed by atoms with E-state index in [9.17, 15) is 28.2 Å². The summed E-state index contributed by atoms with van der Waals surface area (Å²) in [5, 5.41) is 25.0. The lowest BCUT2D eigenvalue weighted by Gasteiger charge is -2.14. The standard InChI is InChI=1S/C20H17ClN4O7S/c1-9-17(26)13(10(6-22-9)8-32-33(2,30)31)7-25-20(29)15-16(19(28)24-25)23-14-5-11(21)3-4-12(14)18(15)27/h3-6,26H,7-8H2,1-2H3,(H,23,27)(H,24,28). The van der Waals surface area contributed by atoms with Gasteiger partial charge in [-0.05, 0) is 25.1 Å². The van der Waals surface area contributed by atoms with E-state index < -0.39 is 40.1 Å². The molecular weight excluding hydrogens is 476 g/mol. The highest BCUT2D eigenvalue weighted by Gasteiger charge is 2.20. The third-order valence-corrected chi connectivity index (χ3v) is 5.80. The Labute approximate surface area is 191 Å². The van der Waals surface area contributed by atoms with Crippen molar-refractivity contribution in [3.05, 3.63) is 66.8 Å². The number of aromatic hydroxyl groups is 2. The molecular formula is C20H17ClN4O7S. The third kappa shape index (κ3) is 4.27. The lowest BCUT2D eigenvalue weighted by atomic mass is 10.1. The van der Waals surface area contributed by atoms with Gasteiger partial charge in [-0.2, -0.15) is 8.42 Å². The molecule has 0 bridgehead atoms. The number of hydrogen-bond donors (Lipinski definition) is 3. The van der Waals surface area contributed by atoms with Gasteiger partial charge in [-0.25, -0.2) is 4.68 Å². The predicted octanol–water partition coefficient (Wildman–Crippen LogP) is 1.53. The molecule has 0 amide bonds. The number of aryl methyl sites for hydroxylation is 1. The topological polar surface area (TPSA) is 164 Å². The molecule has 0 radical (unpaired) electrons. The molecule has 13 heteroatoms. The highest BCUT2D eigenvalue weighted by molar-refractivity contribution is 7.85. The molecule has 0 aliphatic heterocycles. The van der Waals surface area contributed by atoms with Crippen molar-refractivity contribution >= 4 is 43.5 Å². The van der Waals surface area contributed by atoms with E-state index in [0.717, 1.165) is 10.9 Å². The SMILES string of the molecule is Cc1ncc(COS(C)(=O)=O)c(Cn2nc(O)c3[nH]c4cc(Cl)ccc4c(=O)c3c2=O)c1O. The molecule has 0 saturated carbocycles. The van der Waals surface area contributed by atoms with Crippen LogP contribution in [0.1, 0.15) is 16.8 Å². The Kier molecular flexibility index (Phi) is 5.60. The van der Waals surface area contributed by atoms with Gasteiger partial charge in [-0.3, -0.25) is 18.8 Å². The minimum absolute atomic E-state index is 0.100. The van der Waals surface area contributed by atoms with Gasteiger partial charge in [0.2, 0.25) is 5.43 Å². The number of pyridine rings is 2. The van der Waals surface area contributed by atoms with E-state index in [1.54, 1.807) is 0 Å². The van der Waals surface area contributed by atoms with Crippen LogP contribution in [0.3, 0.4) is 0 Å². The maximum atomic E-state index is 13.2. The summed E-state index contributed by atoms with van der Waals surface area (Å²) in [4.78, 5) is 33.0. The molecule has 0 spiro atoms. The van der Waals surface area contributed by atoms with Crippen molar-refractivity contribution in [1.29, 1.82) is 0 Å². The summed E-state index contributed by atoms with van der Waals surface area (Å²) in [6.07, 6.45) is 2.16. The van der Waals surface area contributed by atoms with Crippen LogP contribution >= 0.6 is 11.6 Å². The molecule has 3 N–H and O–H groups in total. The van der Waals surface area contributed by atoms with Crippen molar-refractivity contribution in [2.75, 3.05) is 6.26 Å². The Bertz CT molecular complexity index is 1660. The second kappa shape index (κ2) is 8.14. The summed E-state index contributed by atoms with van der Waals surface area (Å²) >= 11 is 5.96. The van der Waals surface area contributed by atoms with Gasteiger partial charge in [0.1, 0.15) is 16.7 Å². The van der Waals surface area contributed by atoms with Gasteiger partial charge in [0, 0.05) is 27.7 Å². The van der Waals surface area contributed by atoms with E-state index in [1.807, 2.05) is 0 Å². The lowest BCUT2D eigenvalue weighted by molar-refractivity contribution is 0.308. The number of nitrogens with zero attached hydrogens (tertiary/aromatic N) is 3. The highest BCUT2D eigenvalue weighted by atomic mass is 35.5. The van der Waals surface area contributed by atoms with Crippen LogP contribution in [-0.2, 0) is 27.5 Å². The van der Waals surface area contributed by atoms with Crippen LogP contribution in [0.25, 0.3) is 21.8 Å². The summed E-state index contributed by atoms with van der Waals surface area (Å²) < 4.78 is 28.4. The number of halogens is 1. The Morgan fingerprint density at radius 3 is 2.67 bits per heavy atom. The average molecular weight is 493 g/mol. The van der Waals surface area contributed by atoms with Gasteiger partial charge in [0.15, 0.2) is 0 Å². The second-order valence-corrected chi connectivity index (χ2v) is 9.42. The number of benzene rings is 1. The van der Waals surface area contributed by atoms with E-state index in [1.165, 1.54) is 31.3 Å². The van der Waals surface area contributed by atoms with Gasteiger partial charge in [-0.15, -0.1) is 5.10 Å². The van der Waals surface area contributed by atoms with E-state index in [-0.39, 0.29) is 38.9 Å². The molecule has 0 aliphatic rings. The molecule has 4 rings (SSSR count). The van der Waals surface area contributed by atoms with Gasteiger partial charge in [-0.1, -0.05) is 11.6 Å². The van der Waals surface area contributed by atoms with Crippen LogP contribution in [-0.4, -0.2) is 44.6 Å². The molecule has 3 heterocycles. The van der Waals surface area contributed by atoms with Crippen molar-refractivity contribution in [1.82, 2.24) is 19.7 Å². The van der Waals surface area contributed by atoms with Crippen molar-refractivity contribution in [3.8, 4) is 11.6 Å². The van der Waals surface area contributed by atoms with E-state index in [4.69, 9.17) is 15.8 Å². The number of H-pyrrole nitrogens is 1. The summed E-state index contributed by atoms with van der Waals surface area (Å²) in [7, 11) is -3.80. The fourth-order valence-electron chi connectivity index (χ4n) is 3.39. The lowest BCUT2D eigenvalue weighted by Crippen LogP contribution is -2.28. The Morgan fingerprint density at radius 1 is 1.24 bits per heavy atom. The molecule has 33 heavy (non-hydrogen) atoms. The van der Waals surface area contributed by atoms with Gasteiger partial charge in [0.25, 0.3) is 21.6 Å². The Morgan fingerprint density at radius 2 is 1.97 bits per heavy atom. The van der Waals surface area contributed by atoms with Crippen LogP contribution in [0.15, 0.2) is 34.0 Å². The van der Waals surface area contributed by atoms with Crippen LogP contribution in [0.4, 0.5) is 0 Å². The monoisotopic (exact) mass is 492 g/mol. The van der Waals surface area contributed by atoms with E-state index >= 15 is 0 Å². The van der Waals surface area contributed by atoms with E-state index in [0.29, 0.717) is 10.5 Å². The smallest absolute Gasteiger partial charge is 0.280 e. The number of aromatic nitrogens is 4. The molecule has 0 fully saturated rings. The fraction of sp³-hybridized carbons (Fsp3) is 0.200. The summed E-state index contributed by atoms with van der Waals surface area (Å²) in [5.74, 6) is -0.928. The molecule has 1 aromatic carbocycles. The van der Waals surface area contributed by atoms with Crippen molar-refractivity contribution in [2.45, 2.75) is 20.1 Å². The Hall–Kier alpha value is -3.48. The van der Waals surface area contributed by atoms with Gasteiger partial charge < -0.3 is 15.2 Å². The maximum absolute atomic E-state index is 13.2. The quantitative estimate of drug-likeness (QED) is 0.276. The fourth-order valence-corrected chi connectivity index (χ4v) is 3.90. The predicted molar refractivity (Wildman–Crippen MR) is 120 cm³/mol. The first-order valence-corrected chi connectivity index (χ1v) is 11.6. The number of fused-ring (bicyclic) bond motifs is 2. The Balaban J connectivity index is 1.91. The van der Waals surface area contributed by atoms with Crippen molar-refractivity contribution in [3.63, 3.8) is 0 Å². The largest absolute Gasteiger partial charge is 0.506 e. The second-order valence-electron chi connectivity index (χ2n) is 7.34. The van der Waals surface area contributed by atoms with Gasteiger partial charge >= 0.3 is 0 Å². The van der Waals surface area contributed by atoms with Crippen molar-refractivity contribution in [2.24, 2.45) is 0 Å². The maximum Gasteiger partial charge on any atom is 0.280 e. The van der Waals surface area contributed by atoms with Crippen LogP contribution in [0, 0.1) is 6.92 Å². The number of aromatic amines is 1.